The van der Waals surface area contributed by atoms with E-state index in [1.54, 1.807) is 17.8 Å². The summed E-state index contributed by atoms with van der Waals surface area (Å²) in [6.07, 6.45) is 5.02. The number of rotatable bonds is 3. The van der Waals surface area contributed by atoms with Crippen molar-refractivity contribution in [2.45, 2.75) is 18.9 Å². The predicted molar refractivity (Wildman–Crippen MR) is 60.7 cm³/mol. The molecule has 1 unspecified atom stereocenters. The first-order valence-corrected chi connectivity index (χ1v) is 5.29. The zero-order chi connectivity index (χ0) is 12.5. The van der Waals surface area contributed by atoms with Gasteiger partial charge in [0.15, 0.2) is 0 Å². The second kappa shape index (κ2) is 4.25. The van der Waals surface area contributed by atoms with Crippen molar-refractivity contribution in [3.63, 3.8) is 0 Å². The number of halogens is 1. The fourth-order valence-corrected chi connectivity index (χ4v) is 1.75. The van der Waals surface area contributed by atoms with E-state index in [2.05, 4.69) is 10.1 Å². The van der Waals surface area contributed by atoms with Crippen LogP contribution in [0, 0.1) is 5.82 Å². The number of aromatic nitrogens is 3. The zero-order valence-electron chi connectivity index (χ0n) is 9.76. The maximum atomic E-state index is 12.7. The molecule has 0 fully saturated rings. The lowest BCUT2D eigenvalue weighted by atomic mass is 9.94. The Labute approximate surface area is 98.7 Å². The summed E-state index contributed by atoms with van der Waals surface area (Å²) < 4.78 is 14.4. The molecule has 0 spiro atoms. The minimum Gasteiger partial charge on any atom is -0.383 e. The molecule has 0 aliphatic rings. The normalized spacial score (nSPS) is 14.6. The largest absolute Gasteiger partial charge is 0.383 e. The monoisotopic (exact) mass is 235 g/mol. The Kier molecular flexibility index (Phi) is 2.93. The second-order valence-electron chi connectivity index (χ2n) is 4.33. The predicted octanol–water partition coefficient (Wildman–Crippen LogP) is 1.40. The number of nitrogens with zero attached hydrogens (tertiary/aromatic N) is 3. The van der Waals surface area contributed by atoms with Gasteiger partial charge in [-0.15, -0.1) is 0 Å². The Balaban J connectivity index is 2.21. The van der Waals surface area contributed by atoms with Crippen molar-refractivity contribution in [3.05, 3.63) is 47.8 Å². The van der Waals surface area contributed by atoms with Crippen LogP contribution in [-0.2, 0) is 19.1 Å². The average Bonchev–Trinajstić information content (AvgIpc) is 2.63. The van der Waals surface area contributed by atoms with Gasteiger partial charge in [-0.05, 0) is 24.6 Å². The number of hydrogen-bond donors (Lipinski definition) is 1. The smallest absolute Gasteiger partial charge is 0.141 e. The maximum absolute atomic E-state index is 12.7. The Morgan fingerprint density at radius 1 is 1.41 bits per heavy atom. The van der Waals surface area contributed by atoms with Crippen molar-refractivity contribution in [2.24, 2.45) is 7.05 Å². The lowest BCUT2D eigenvalue weighted by Gasteiger charge is -2.21. The molecular formula is C12H14FN3O. The molecule has 2 aromatic rings. The fraction of sp³-hybridized carbons (Fsp3) is 0.333. The van der Waals surface area contributed by atoms with Crippen LogP contribution in [0.15, 0.2) is 30.7 Å². The molecule has 17 heavy (non-hydrogen) atoms. The zero-order valence-corrected chi connectivity index (χ0v) is 9.76. The Morgan fingerprint density at radius 3 is 2.71 bits per heavy atom. The van der Waals surface area contributed by atoms with Crippen LogP contribution in [0.4, 0.5) is 4.39 Å². The van der Waals surface area contributed by atoms with Gasteiger partial charge in [0.25, 0.3) is 0 Å². The average molecular weight is 235 g/mol. The van der Waals surface area contributed by atoms with Crippen LogP contribution in [0.3, 0.4) is 0 Å². The number of hydrogen-bond acceptors (Lipinski definition) is 3. The van der Waals surface area contributed by atoms with Gasteiger partial charge in [0.1, 0.15) is 11.4 Å². The first kappa shape index (κ1) is 11.7. The molecule has 2 heterocycles. The third kappa shape index (κ3) is 2.68. The van der Waals surface area contributed by atoms with E-state index in [4.69, 9.17) is 0 Å². The molecule has 0 saturated heterocycles. The fourth-order valence-electron chi connectivity index (χ4n) is 1.75. The van der Waals surface area contributed by atoms with Crippen LogP contribution in [0.25, 0.3) is 0 Å². The van der Waals surface area contributed by atoms with E-state index in [0.717, 1.165) is 11.8 Å². The summed E-state index contributed by atoms with van der Waals surface area (Å²) in [5, 5.41) is 14.4. The van der Waals surface area contributed by atoms with Gasteiger partial charge in [0, 0.05) is 19.7 Å². The van der Waals surface area contributed by atoms with E-state index in [1.165, 1.54) is 12.1 Å². The summed E-state index contributed by atoms with van der Waals surface area (Å²) in [6.45, 7) is 1.65. The minimum atomic E-state index is -1.13. The first-order valence-electron chi connectivity index (χ1n) is 5.29. The van der Waals surface area contributed by atoms with Gasteiger partial charge in [-0.3, -0.25) is 9.67 Å². The minimum absolute atomic E-state index is 0.388. The molecule has 90 valence electrons. The molecule has 5 heteroatoms. The topological polar surface area (TPSA) is 50.9 Å². The molecule has 0 aliphatic heterocycles. The highest BCUT2D eigenvalue weighted by Crippen LogP contribution is 2.23. The van der Waals surface area contributed by atoms with Crippen molar-refractivity contribution in [1.29, 1.82) is 0 Å². The van der Waals surface area contributed by atoms with Crippen molar-refractivity contribution in [1.82, 2.24) is 14.8 Å². The summed E-state index contributed by atoms with van der Waals surface area (Å²) >= 11 is 0. The lowest BCUT2D eigenvalue weighted by molar-refractivity contribution is 0.0529. The number of pyridine rings is 1. The second-order valence-corrected chi connectivity index (χ2v) is 4.33. The van der Waals surface area contributed by atoms with Crippen LogP contribution >= 0.6 is 0 Å². The van der Waals surface area contributed by atoms with Gasteiger partial charge in [-0.2, -0.15) is 5.10 Å². The highest BCUT2D eigenvalue weighted by Gasteiger charge is 2.25. The molecule has 0 radical (unpaired) electrons. The molecule has 0 amide bonds. The van der Waals surface area contributed by atoms with E-state index in [1.807, 2.05) is 13.2 Å². The molecule has 2 aromatic heterocycles. The highest BCUT2D eigenvalue weighted by atomic mass is 19.1. The van der Waals surface area contributed by atoms with Crippen molar-refractivity contribution < 1.29 is 9.50 Å². The first-order chi connectivity index (χ1) is 7.97. The van der Waals surface area contributed by atoms with Crippen LogP contribution < -0.4 is 0 Å². The lowest BCUT2D eigenvalue weighted by Crippen LogP contribution is -2.25. The van der Waals surface area contributed by atoms with Crippen LogP contribution in [0.2, 0.25) is 0 Å². The summed E-state index contributed by atoms with van der Waals surface area (Å²) in [5.74, 6) is -0.411. The van der Waals surface area contributed by atoms with Crippen molar-refractivity contribution in [3.8, 4) is 0 Å². The standard InChI is InChI=1S/C12H14FN3O/c1-12(17,5-9-6-15-16(2)8-9)11-4-3-10(13)7-14-11/h3-4,6-8,17H,5H2,1-2H3. The van der Waals surface area contributed by atoms with E-state index in [-0.39, 0.29) is 0 Å². The molecular weight excluding hydrogens is 221 g/mol. The summed E-state index contributed by atoms with van der Waals surface area (Å²) in [4.78, 5) is 3.90. The van der Waals surface area contributed by atoms with E-state index in [9.17, 15) is 9.50 Å². The summed E-state index contributed by atoms with van der Waals surface area (Å²) in [5.41, 5.74) is 0.225. The van der Waals surface area contributed by atoms with E-state index >= 15 is 0 Å². The highest BCUT2D eigenvalue weighted by molar-refractivity contribution is 5.17. The molecule has 0 aromatic carbocycles. The Morgan fingerprint density at radius 2 is 2.18 bits per heavy atom. The summed E-state index contributed by atoms with van der Waals surface area (Å²) in [7, 11) is 1.81. The SMILES string of the molecule is Cn1cc(CC(C)(O)c2ccc(F)cn2)cn1. The van der Waals surface area contributed by atoms with Crippen LogP contribution in [-0.4, -0.2) is 19.9 Å². The Hall–Kier alpha value is -1.75. The van der Waals surface area contributed by atoms with Crippen molar-refractivity contribution in [2.75, 3.05) is 0 Å². The van der Waals surface area contributed by atoms with Gasteiger partial charge in [0.05, 0.1) is 18.1 Å². The van der Waals surface area contributed by atoms with Crippen LogP contribution in [0.1, 0.15) is 18.2 Å². The van der Waals surface area contributed by atoms with Gasteiger partial charge in [0.2, 0.25) is 0 Å². The molecule has 2 rings (SSSR count). The summed E-state index contributed by atoms with van der Waals surface area (Å²) in [6, 6.07) is 2.78. The van der Waals surface area contributed by atoms with Gasteiger partial charge in [-0.25, -0.2) is 4.39 Å². The number of aliphatic hydroxyl groups is 1. The van der Waals surface area contributed by atoms with Gasteiger partial charge in [-0.1, -0.05) is 0 Å². The third-order valence-corrected chi connectivity index (χ3v) is 2.59. The maximum Gasteiger partial charge on any atom is 0.141 e. The van der Waals surface area contributed by atoms with E-state index < -0.39 is 11.4 Å². The third-order valence-electron chi connectivity index (χ3n) is 2.59. The molecule has 0 aliphatic carbocycles. The molecule has 4 nitrogen and oxygen atoms in total. The molecule has 0 bridgehead atoms. The Bertz CT molecular complexity index is 505. The molecule has 1 N–H and O–H groups in total. The van der Waals surface area contributed by atoms with Gasteiger partial charge < -0.3 is 5.11 Å². The van der Waals surface area contributed by atoms with Crippen molar-refractivity contribution >= 4 is 0 Å². The van der Waals surface area contributed by atoms with Crippen LogP contribution in [0.5, 0.6) is 0 Å². The quantitative estimate of drug-likeness (QED) is 0.875. The molecule has 0 saturated carbocycles. The number of aryl methyl sites for hydroxylation is 1. The van der Waals surface area contributed by atoms with E-state index in [0.29, 0.717) is 12.1 Å². The van der Waals surface area contributed by atoms with Gasteiger partial charge >= 0.3 is 0 Å². The molecule has 1 atom stereocenters.